The van der Waals surface area contributed by atoms with E-state index in [1.54, 1.807) is 0 Å². The van der Waals surface area contributed by atoms with Crippen LogP contribution in [0, 0.1) is 5.82 Å². The van der Waals surface area contributed by atoms with Crippen LogP contribution >= 0.6 is 11.6 Å². The minimum absolute atomic E-state index is 0.00394. The molecule has 0 saturated heterocycles. The lowest BCUT2D eigenvalue weighted by Gasteiger charge is -2.08. The monoisotopic (exact) mass is 271 g/mol. The number of rotatable bonds is 3. The van der Waals surface area contributed by atoms with Gasteiger partial charge in [-0.2, -0.15) is 0 Å². The van der Waals surface area contributed by atoms with Gasteiger partial charge in [0.2, 0.25) is 5.76 Å². The number of hydrogen-bond acceptors (Lipinski definition) is 4. The molecule has 0 spiro atoms. The highest BCUT2D eigenvalue weighted by Gasteiger charge is 2.20. The Labute approximate surface area is 106 Å². The summed E-state index contributed by atoms with van der Waals surface area (Å²) in [6.45, 7) is 0. The molecule has 1 aromatic carbocycles. The number of carboxylic acid groups (broad SMARTS) is 1. The Balaban J connectivity index is 2.62. The topological polar surface area (TPSA) is 72.6 Å². The second kappa shape index (κ2) is 4.66. The van der Waals surface area contributed by atoms with Crippen molar-refractivity contribution in [1.29, 1.82) is 0 Å². The predicted octanol–water partition coefficient (Wildman–Crippen LogP) is 2.84. The summed E-state index contributed by atoms with van der Waals surface area (Å²) in [4.78, 5) is 10.7. The van der Waals surface area contributed by atoms with Gasteiger partial charge in [-0.3, -0.25) is 0 Å². The van der Waals surface area contributed by atoms with Gasteiger partial charge in [0.25, 0.3) is 0 Å². The van der Waals surface area contributed by atoms with Gasteiger partial charge < -0.3 is 14.4 Å². The first kappa shape index (κ1) is 12.4. The van der Waals surface area contributed by atoms with E-state index >= 15 is 0 Å². The molecular formula is C11H7ClFNO4. The van der Waals surface area contributed by atoms with Crippen molar-refractivity contribution in [2.24, 2.45) is 0 Å². The molecule has 1 aromatic heterocycles. The third-order valence-electron chi connectivity index (χ3n) is 2.24. The van der Waals surface area contributed by atoms with Gasteiger partial charge in [0.1, 0.15) is 17.3 Å². The molecule has 2 aromatic rings. The molecule has 94 valence electrons. The molecular weight excluding hydrogens is 265 g/mol. The Morgan fingerprint density at radius 3 is 2.83 bits per heavy atom. The summed E-state index contributed by atoms with van der Waals surface area (Å²) in [5.41, 5.74) is -0.0366. The van der Waals surface area contributed by atoms with Crippen molar-refractivity contribution < 1.29 is 23.6 Å². The first-order valence-electron chi connectivity index (χ1n) is 4.77. The van der Waals surface area contributed by atoms with E-state index in [-0.39, 0.29) is 22.0 Å². The summed E-state index contributed by atoms with van der Waals surface area (Å²) < 4.78 is 23.3. The van der Waals surface area contributed by atoms with Crippen LogP contribution in [0.4, 0.5) is 4.39 Å². The van der Waals surface area contributed by atoms with E-state index in [4.69, 9.17) is 21.4 Å². The summed E-state index contributed by atoms with van der Waals surface area (Å²) in [5.74, 6) is -2.26. The van der Waals surface area contributed by atoms with Crippen molar-refractivity contribution in [3.05, 3.63) is 34.8 Å². The van der Waals surface area contributed by atoms with Gasteiger partial charge in [-0.25, -0.2) is 9.18 Å². The van der Waals surface area contributed by atoms with Crippen LogP contribution in [-0.2, 0) is 0 Å². The number of ether oxygens (including phenoxy) is 1. The number of methoxy groups -OCH3 is 1. The Hall–Kier alpha value is -2.08. The van der Waals surface area contributed by atoms with Crippen molar-refractivity contribution in [3.8, 4) is 17.0 Å². The highest BCUT2D eigenvalue weighted by atomic mass is 35.5. The Morgan fingerprint density at radius 1 is 1.56 bits per heavy atom. The molecule has 2 rings (SSSR count). The molecule has 0 aliphatic rings. The van der Waals surface area contributed by atoms with Crippen molar-refractivity contribution in [1.82, 2.24) is 5.16 Å². The number of benzene rings is 1. The lowest BCUT2D eigenvalue weighted by atomic mass is 10.1. The number of halogens is 2. The minimum Gasteiger partial charge on any atom is -0.494 e. The second-order valence-corrected chi connectivity index (χ2v) is 3.73. The first-order valence-corrected chi connectivity index (χ1v) is 5.14. The summed E-state index contributed by atoms with van der Waals surface area (Å²) in [7, 11) is 1.32. The van der Waals surface area contributed by atoms with E-state index in [9.17, 15) is 9.18 Å². The van der Waals surface area contributed by atoms with Gasteiger partial charge in [0.15, 0.2) is 0 Å². The average Bonchev–Trinajstić information content (AvgIpc) is 2.81. The molecule has 0 radical (unpaired) electrons. The fourth-order valence-electron chi connectivity index (χ4n) is 1.47. The van der Waals surface area contributed by atoms with Crippen LogP contribution in [0.5, 0.6) is 5.75 Å². The SMILES string of the molecule is COc1c(Cl)ccc(F)c1-c1cc(C(=O)O)on1. The van der Waals surface area contributed by atoms with E-state index in [0.717, 1.165) is 12.1 Å². The highest BCUT2D eigenvalue weighted by Crippen LogP contribution is 2.37. The van der Waals surface area contributed by atoms with Crippen LogP contribution in [0.15, 0.2) is 22.7 Å². The van der Waals surface area contributed by atoms with E-state index in [0.29, 0.717) is 0 Å². The van der Waals surface area contributed by atoms with Gasteiger partial charge >= 0.3 is 5.97 Å². The summed E-state index contributed by atoms with van der Waals surface area (Å²) in [6, 6.07) is 3.56. The van der Waals surface area contributed by atoms with Crippen molar-refractivity contribution in [3.63, 3.8) is 0 Å². The van der Waals surface area contributed by atoms with Crippen molar-refractivity contribution >= 4 is 17.6 Å². The molecule has 0 saturated carbocycles. The largest absolute Gasteiger partial charge is 0.494 e. The number of carboxylic acids is 1. The Kier molecular flexibility index (Phi) is 3.20. The molecule has 0 bridgehead atoms. The number of nitrogens with zero attached hydrogens (tertiary/aromatic N) is 1. The fraction of sp³-hybridized carbons (Fsp3) is 0.0909. The zero-order valence-corrected chi connectivity index (χ0v) is 9.86. The molecule has 5 nitrogen and oxygen atoms in total. The third kappa shape index (κ3) is 2.02. The second-order valence-electron chi connectivity index (χ2n) is 3.32. The van der Waals surface area contributed by atoms with Crippen LogP contribution in [0.25, 0.3) is 11.3 Å². The maximum Gasteiger partial charge on any atom is 0.374 e. The molecule has 0 aliphatic carbocycles. The average molecular weight is 272 g/mol. The summed E-state index contributed by atoms with van der Waals surface area (Å²) >= 11 is 5.85. The molecule has 1 N–H and O–H groups in total. The first-order chi connectivity index (χ1) is 8.54. The van der Waals surface area contributed by atoms with Gasteiger partial charge in [0, 0.05) is 6.07 Å². The van der Waals surface area contributed by atoms with Gasteiger partial charge in [0.05, 0.1) is 17.7 Å². The van der Waals surface area contributed by atoms with Crippen LogP contribution in [0.2, 0.25) is 5.02 Å². The van der Waals surface area contributed by atoms with Crippen LogP contribution in [-0.4, -0.2) is 23.3 Å². The molecule has 0 amide bonds. The van der Waals surface area contributed by atoms with Crippen molar-refractivity contribution in [2.75, 3.05) is 7.11 Å². The molecule has 1 heterocycles. The zero-order valence-electron chi connectivity index (χ0n) is 9.11. The number of hydrogen-bond donors (Lipinski definition) is 1. The maximum absolute atomic E-state index is 13.7. The number of aromatic nitrogens is 1. The van der Waals surface area contributed by atoms with Crippen LogP contribution < -0.4 is 4.74 Å². The molecule has 0 aliphatic heterocycles. The summed E-state index contributed by atoms with van der Waals surface area (Å²) in [5, 5.41) is 12.4. The fourth-order valence-corrected chi connectivity index (χ4v) is 1.70. The van der Waals surface area contributed by atoms with Gasteiger partial charge in [-0.15, -0.1) is 0 Å². The molecule has 0 fully saturated rings. The normalized spacial score (nSPS) is 10.4. The van der Waals surface area contributed by atoms with Crippen LogP contribution in [0.1, 0.15) is 10.6 Å². The van der Waals surface area contributed by atoms with Gasteiger partial charge in [-0.1, -0.05) is 16.8 Å². The maximum atomic E-state index is 13.7. The molecule has 0 atom stereocenters. The lowest BCUT2D eigenvalue weighted by Crippen LogP contribution is -1.94. The quantitative estimate of drug-likeness (QED) is 0.929. The molecule has 0 unspecified atom stereocenters. The van der Waals surface area contributed by atoms with Crippen LogP contribution in [0.3, 0.4) is 0 Å². The highest BCUT2D eigenvalue weighted by molar-refractivity contribution is 6.32. The molecule has 7 heteroatoms. The molecule has 18 heavy (non-hydrogen) atoms. The number of carbonyl (C=O) groups is 1. The van der Waals surface area contributed by atoms with E-state index in [2.05, 4.69) is 9.68 Å². The van der Waals surface area contributed by atoms with E-state index in [1.165, 1.54) is 13.2 Å². The standard InChI is InChI=1S/C11H7ClFNO4/c1-17-10-5(12)2-3-6(13)9(10)7-4-8(11(15)16)18-14-7/h2-4H,1H3,(H,15,16). The Morgan fingerprint density at radius 2 is 2.28 bits per heavy atom. The Bertz CT molecular complexity index is 611. The lowest BCUT2D eigenvalue weighted by molar-refractivity contribution is 0.0652. The predicted molar refractivity (Wildman–Crippen MR) is 60.4 cm³/mol. The van der Waals surface area contributed by atoms with E-state index < -0.39 is 17.5 Å². The third-order valence-corrected chi connectivity index (χ3v) is 2.54. The smallest absolute Gasteiger partial charge is 0.374 e. The van der Waals surface area contributed by atoms with Crippen molar-refractivity contribution in [2.45, 2.75) is 0 Å². The van der Waals surface area contributed by atoms with Gasteiger partial charge in [-0.05, 0) is 12.1 Å². The number of aromatic carboxylic acids is 1. The summed E-state index contributed by atoms with van der Waals surface area (Å²) in [6.07, 6.45) is 0. The zero-order chi connectivity index (χ0) is 13.3. The van der Waals surface area contributed by atoms with E-state index in [1.807, 2.05) is 0 Å². The minimum atomic E-state index is -1.30.